The fourth-order valence-electron chi connectivity index (χ4n) is 1.57. The Morgan fingerprint density at radius 2 is 2.05 bits per heavy atom. The Kier molecular flexibility index (Phi) is 4.03. The normalized spacial score (nSPS) is 9.95. The second-order valence-electron chi connectivity index (χ2n) is 3.87. The van der Waals surface area contributed by atoms with Gasteiger partial charge in [-0.25, -0.2) is 4.39 Å². The summed E-state index contributed by atoms with van der Waals surface area (Å²) in [7, 11) is 0. The smallest absolute Gasteiger partial charge is 0.144 e. The van der Waals surface area contributed by atoms with Crippen LogP contribution in [-0.4, -0.2) is 0 Å². The van der Waals surface area contributed by atoms with Gasteiger partial charge in [0, 0.05) is 11.8 Å². The minimum absolute atomic E-state index is 0.202. The number of nitrogen functional groups attached to an aromatic ring is 1. The summed E-state index contributed by atoms with van der Waals surface area (Å²) in [6, 6.07) is 11.2. The molecule has 19 heavy (non-hydrogen) atoms. The van der Waals surface area contributed by atoms with Gasteiger partial charge in [0.05, 0.1) is 17.0 Å². The lowest BCUT2D eigenvalue weighted by atomic mass is 10.1. The van der Waals surface area contributed by atoms with Gasteiger partial charge in [0.15, 0.2) is 0 Å². The Hall–Kier alpha value is -2.06. The van der Waals surface area contributed by atoms with E-state index >= 15 is 0 Å². The third-order valence-electron chi connectivity index (χ3n) is 2.51. The van der Waals surface area contributed by atoms with E-state index in [1.807, 2.05) is 6.07 Å². The molecule has 0 aromatic heterocycles. The third-order valence-corrected chi connectivity index (χ3v) is 3.16. The summed E-state index contributed by atoms with van der Waals surface area (Å²) < 4.78 is 19.4. The van der Waals surface area contributed by atoms with Crippen LogP contribution in [0.4, 0.5) is 10.1 Å². The van der Waals surface area contributed by atoms with Gasteiger partial charge in [-0.2, -0.15) is 5.26 Å². The van der Waals surface area contributed by atoms with Crippen LogP contribution < -0.4 is 10.5 Å². The van der Waals surface area contributed by atoms with E-state index in [0.717, 1.165) is 0 Å². The van der Waals surface area contributed by atoms with Gasteiger partial charge in [-0.15, -0.1) is 0 Å². The monoisotopic (exact) mass is 320 g/mol. The highest BCUT2D eigenvalue weighted by Crippen LogP contribution is 2.31. The zero-order chi connectivity index (χ0) is 13.8. The van der Waals surface area contributed by atoms with Crippen LogP contribution in [0.3, 0.4) is 0 Å². The second kappa shape index (κ2) is 5.72. The van der Waals surface area contributed by atoms with Crippen molar-refractivity contribution < 1.29 is 9.13 Å². The highest BCUT2D eigenvalue weighted by Gasteiger charge is 2.07. The van der Waals surface area contributed by atoms with Crippen molar-refractivity contribution in [2.45, 2.75) is 6.42 Å². The lowest BCUT2D eigenvalue weighted by Gasteiger charge is -2.10. The predicted molar refractivity (Wildman–Crippen MR) is 74.3 cm³/mol. The number of benzene rings is 2. The summed E-state index contributed by atoms with van der Waals surface area (Å²) in [5, 5.41) is 8.70. The summed E-state index contributed by atoms with van der Waals surface area (Å²) in [5.41, 5.74) is 6.97. The van der Waals surface area contributed by atoms with Crippen molar-refractivity contribution in [3.63, 3.8) is 0 Å². The van der Waals surface area contributed by atoms with Crippen LogP contribution in [0.1, 0.15) is 5.56 Å². The second-order valence-corrected chi connectivity index (χ2v) is 4.73. The minimum Gasteiger partial charge on any atom is -0.456 e. The standard InChI is InChI=1S/C14H10BrFN2O/c15-12-3-1-10(16)8-14(12)19-11-2-4-13(18)9(7-11)5-6-17/h1-4,7-8H,5,18H2. The molecule has 5 heteroatoms. The summed E-state index contributed by atoms with van der Waals surface area (Å²) in [6.07, 6.45) is 0.202. The van der Waals surface area contributed by atoms with E-state index in [2.05, 4.69) is 15.9 Å². The zero-order valence-corrected chi connectivity index (χ0v) is 11.4. The van der Waals surface area contributed by atoms with Gasteiger partial charge >= 0.3 is 0 Å². The van der Waals surface area contributed by atoms with Crippen molar-refractivity contribution in [3.8, 4) is 17.6 Å². The van der Waals surface area contributed by atoms with Gasteiger partial charge in [0.2, 0.25) is 0 Å². The number of nitriles is 1. The van der Waals surface area contributed by atoms with Crippen LogP contribution in [0, 0.1) is 17.1 Å². The molecule has 2 rings (SSSR count). The fraction of sp³-hybridized carbons (Fsp3) is 0.0714. The third kappa shape index (κ3) is 3.24. The van der Waals surface area contributed by atoms with Crippen molar-refractivity contribution in [2.75, 3.05) is 5.73 Å². The molecule has 0 saturated carbocycles. The molecular formula is C14H10BrFN2O. The summed E-state index contributed by atoms with van der Waals surface area (Å²) in [4.78, 5) is 0. The highest BCUT2D eigenvalue weighted by molar-refractivity contribution is 9.10. The Morgan fingerprint density at radius 1 is 1.26 bits per heavy atom. The van der Waals surface area contributed by atoms with E-state index in [4.69, 9.17) is 15.7 Å². The van der Waals surface area contributed by atoms with Gasteiger partial charge in [0.25, 0.3) is 0 Å². The molecule has 0 saturated heterocycles. The molecule has 3 nitrogen and oxygen atoms in total. The van der Waals surface area contributed by atoms with E-state index in [9.17, 15) is 4.39 Å². The topological polar surface area (TPSA) is 59.0 Å². The summed E-state index contributed by atoms with van der Waals surface area (Å²) >= 11 is 3.28. The molecule has 0 heterocycles. The molecule has 2 N–H and O–H groups in total. The average molecular weight is 321 g/mol. The summed E-state index contributed by atoms with van der Waals surface area (Å²) in [6.45, 7) is 0. The number of nitrogens with two attached hydrogens (primary N) is 1. The molecule has 96 valence electrons. The van der Waals surface area contributed by atoms with Crippen molar-refractivity contribution in [2.24, 2.45) is 0 Å². The maximum absolute atomic E-state index is 13.2. The van der Waals surface area contributed by atoms with Crippen LogP contribution >= 0.6 is 15.9 Å². The average Bonchev–Trinajstić information content (AvgIpc) is 2.38. The van der Waals surface area contributed by atoms with E-state index in [1.54, 1.807) is 24.3 Å². The molecule has 0 bridgehead atoms. The van der Waals surface area contributed by atoms with E-state index in [-0.39, 0.29) is 12.2 Å². The molecule has 0 fully saturated rings. The van der Waals surface area contributed by atoms with Crippen LogP contribution in [-0.2, 0) is 6.42 Å². The van der Waals surface area contributed by atoms with E-state index < -0.39 is 0 Å². The maximum atomic E-state index is 13.2. The summed E-state index contributed by atoms with van der Waals surface area (Å²) in [5.74, 6) is 0.490. The molecule has 0 radical (unpaired) electrons. The number of hydrogen-bond acceptors (Lipinski definition) is 3. The number of halogens is 2. The van der Waals surface area contributed by atoms with Crippen molar-refractivity contribution in [1.29, 1.82) is 5.26 Å². The molecule has 0 aliphatic rings. The quantitative estimate of drug-likeness (QED) is 0.868. The van der Waals surface area contributed by atoms with E-state index in [1.165, 1.54) is 12.1 Å². The van der Waals surface area contributed by atoms with Crippen LogP contribution in [0.2, 0.25) is 0 Å². The number of hydrogen-bond donors (Lipinski definition) is 1. The lowest BCUT2D eigenvalue weighted by molar-refractivity contribution is 0.473. The number of rotatable bonds is 3. The zero-order valence-electron chi connectivity index (χ0n) is 9.86. The van der Waals surface area contributed by atoms with Crippen LogP contribution in [0.15, 0.2) is 40.9 Å². The van der Waals surface area contributed by atoms with Gasteiger partial charge in [-0.1, -0.05) is 0 Å². The molecule has 0 atom stereocenters. The van der Waals surface area contributed by atoms with Gasteiger partial charge in [-0.05, 0) is 51.8 Å². The molecule has 2 aromatic carbocycles. The first-order valence-corrected chi connectivity index (χ1v) is 6.27. The minimum atomic E-state index is -0.383. The van der Waals surface area contributed by atoms with Gasteiger partial charge in [0.1, 0.15) is 17.3 Å². The van der Waals surface area contributed by atoms with Crippen LogP contribution in [0.5, 0.6) is 11.5 Å². The number of nitrogens with zero attached hydrogens (tertiary/aromatic N) is 1. The Balaban J connectivity index is 2.31. The molecule has 2 aromatic rings. The van der Waals surface area contributed by atoms with Gasteiger partial charge in [-0.3, -0.25) is 0 Å². The lowest BCUT2D eigenvalue weighted by Crippen LogP contribution is -1.95. The molecule has 0 amide bonds. The molecule has 0 spiro atoms. The van der Waals surface area contributed by atoms with Crippen molar-refractivity contribution in [3.05, 3.63) is 52.3 Å². The highest BCUT2D eigenvalue weighted by atomic mass is 79.9. The Morgan fingerprint density at radius 3 is 2.79 bits per heavy atom. The largest absolute Gasteiger partial charge is 0.456 e. The molecule has 0 aliphatic carbocycles. The fourth-order valence-corrected chi connectivity index (χ4v) is 1.89. The Labute approximate surface area is 118 Å². The molecular weight excluding hydrogens is 311 g/mol. The van der Waals surface area contributed by atoms with Gasteiger partial charge < -0.3 is 10.5 Å². The Bertz CT molecular complexity index is 652. The SMILES string of the molecule is N#CCc1cc(Oc2cc(F)ccc2Br)ccc1N. The van der Waals surface area contributed by atoms with E-state index in [0.29, 0.717) is 27.2 Å². The van der Waals surface area contributed by atoms with Crippen molar-refractivity contribution in [1.82, 2.24) is 0 Å². The molecule has 0 unspecified atom stereocenters. The maximum Gasteiger partial charge on any atom is 0.144 e. The molecule has 0 aliphatic heterocycles. The first kappa shape index (κ1) is 13.4. The van der Waals surface area contributed by atoms with Crippen molar-refractivity contribution >= 4 is 21.6 Å². The first-order valence-electron chi connectivity index (χ1n) is 5.48. The number of ether oxygens (including phenoxy) is 1. The number of anilines is 1. The van der Waals surface area contributed by atoms with Crippen LogP contribution in [0.25, 0.3) is 0 Å². The predicted octanol–water partition coefficient (Wildman–Crippen LogP) is 4.03. The first-order chi connectivity index (χ1) is 9.10.